The molecule has 1 heterocycles. The molecule has 0 aliphatic carbocycles. The van der Waals surface area contributed by atoms with Crippen LogP contribution in [0.25, 0.3) is 10.8 Å². The van der Waals surface area contributed by atoms with Crippen LogP contribution in [0.3, 0.4) is 0 Å². The zero-order valence-electron chi connectivity index (χ0n) is 21.9. The van der Waals surface area contributed by atoms with Gasteiger partial charge in [-0.1, -0.05) is 42.5 Å². The molecule has 0 saturated carbocycles. The first-order chi connectivity index (χ1) is 18.7. The molecule has 0 radical (unpaired) electrons. The molecule has 0 aromatic heterocycles. The van der Waals surface area contributed by atoms with Gasteiger partial charge in [0.15, 0.2) is 0 Å². The molecule has 39 heavy (non-hydrogen) atoms. The average molecular weight is 540 g/mol. The summed E-state index contributed by atoms with van der Waals surface area (Å²) in [6.45, 7) is 0.842. The van der Waals surface area contributed by atoms with Gasteiger partial charge in [-0.3, -0.25) is 24.0 Å². The summed E-state index contributed by atoms with van der Waals surface area (Å²) in [4.78, 5) is 63.9. The van der Waals surface area contributed by atoms with Crippen LogP contribution in [0.1, 0.15) is 50.5 Å². The number of nitrogens with two attached hydrogens (primary N) is 2. The van der Waals surface area contributed by atoms with E-state index in [1.807, 2.05) is 42.5 Å². The normalized spacial score (nSPS) is 16.4. The third-order valence-electron chi connectivity index (χ3n) is 6.98. The maximum Gasteiger partial charge on any atom is 0.303 e. The van der Waals surface area contributed by atoms with Crippen LogP contribution < -0.4 is 22.1 Å². The fraction of sp³-hybridized carbons (Fsp3) is 0.464. The number of amides is 4. The van der Waals surface area contributed by atoms with Gasteiger partial charge >= 0.3 is 5.97 Å². The average Bonchev–Trinajstić information content (AvgIpc) is 3.41. The molecular formula is C28H37N5O6. The number of carboxylic acid groups (broad SMARTS) is 1. The number of benzene rings is 2. The molecule has 1 fully saturated rings. The van der Waals surface area contributed by atoms with Gasteiger partial charge in [0.25, 0.3) is 0 Å². The minimum absolute atomic E-state index is 0.148. The molecular weight excluding hydrogens is 502 g/mol. The Balaban J connectivity index is 1.69. The van der Waals surface area contributed by atoms with E-state index in [2.05, 4.69) is 10.6 Å². The second-order valence-electron chi connectivity index (χ2n) is 9.80. The second-order valence-corrected chi connectivity index (χ2v) is 9.80. The van der Waals surface area contributed by atoms with Crippen LogP contribution in [0.15, 0.2) is 42.5 Å². The minimum Gasteiger partial charge on any atom is -0.481 e. The quantitative estimate of drug-likeness (QED) is 0.220. The van der Waals surface area contributed by atoms with Gasteiger partial charge < -0.3 is 32.1 Å². The zero-order chi connectivity index (χ0) is 28.4. The largest absolute Gasteiger partial charge is 0.481 e. The molecule has 0 bridgehead atoms. The lowest BCUT2D eigenvalue weighted by Crippen LogP contribution is -2.56. The summed E-state index contributed by atoms with van der Waals surface area (Å²) >= 11 is 0. The number of carbonyl (C=O) groups is 5. The van der Waals surface area contributed by atoms with Gasteiger partial charge in [0, 0.05) is 13.0 Å². The Morgan fingerprint density at radius 3 is 2.44 bits per heavy atom. The Morgan fingerprint density at radius 1 is 0.974 bits per heavy atom. The topological polar surface area (TPSA) is 185 Å². The van der Waals surface area contributed by atoms with Gasteiger partial charge in [-0.05, 0) is 61.4 Å². The highest BCUT2D eigenvalue weighted by Crippen LogP contribution is 2.23. The zero-order valence-corrected chi connectivity index (χ0v) is 21.9. The Bertz CT molecular complexity index is 1200. The van der Waals surface area contributed by atoms with Gasteiger partial charge in [0.05, 0.1) is 6.42 Å². The predicted octanol–water partition coefficient (Wildman–Crippen LogP) is 0.822. The summed E-state index contributed by atoms with van der Waals surface area (Å²) in [5.41, 5.74) is 11.8. The molecule has 210 valence electrons. The lowest BCUT2D eigenvalue weighted by atomic mass is 10.0. The first kappa shape index (κ1) is 29.6. The number of hydrogen-bond donors (Lipinski definition) is 5. The minimum atomic E-state index is -1.19. The summed E-state index contributed by atoms with van der Waals surface area (Å²) in [5.74, 6) is -3.25. The number of carbonyl (C=O) groups excluding carboxylic acids is 4. The van der Waals surface area contributed by atoms with Crippen molar-refractivity contribution < 1.29 is 29.1 Å². The Kier molecular flexibility index (Phi) is 10.8. The van der Waals surface area contributed by atoms with E-state index in [4.69, 9.17) is 16.6 Å². The fourth-order valence-corrected chi connectivity index (χ4v) is 4.90. The number of unbranched alkanes of at least 4 members (excludes halogenated alkanes) is 1. The monoisotopic (exact) mass is 539 g/mol. The highest BCUT2D eigenvalue weighted by molar-refractivity contribution is 5.95. The highest BCUT2D eigenvalue weighted by Gasteiger charge is 2.36. The van der Waals surface area contributed by atoms with E-state index in [0.29, 0.717) is 38.8 Å². The van der Waals surface area contributed by atoms with Crippen LogP contribution in [0.4, 0.5) is 0 Å². The summed E-state index contributed by atoms with van der Waals surface area (Å²) in [6, 6.07) is 10.7. The van der Waals surface area contributed by atoms with Crippen molar-refractivity contribution in [3.8, 4) is 0 Å². The number of nitrogens with one attached hydrogen (secondary N) is 2. The van der Waals surface area contributed by atoms with Crippen molar-refractivity contribution in [3.05, 3.63) is 48.0 Å². The van der Waals surface area contributed by atoms with Gasteiger partial charge in [-0.25, -0.2) is 0 Å². The van der Waals surface area contributed by atoms with Crippen molar-refractivity contribution in [2.45, 2.75) is 69.5 Å². The summed E-state index contributed by atoms with van der Waals surface area (Å²) < 4.78 is 0. The van der Waals surface area contributed by atoms with Crippen molar-refractivity contribution in [2.24, 2.45) is 11.5 Å². The van der Waals surface area contributed by atoms with Crippen molar-refractivity contribution in [2.75, 3.05) is 13.1 Å². The predicted molar refractivity (Wildman–Crippen MR) is 145 cm³/mol. The van der Waals surface area contributed by atoms with E-state index in [1.165, 1.54) is 0 Å². The van der Waals surface area contributed by atoms with Crippen molar-refractivity contribution in [1.82, 2.24) is 15.5 Å². The molecule has 2 aromatic carbocycles. The summed E-state index contributed by atoms with van der Waals surface area (Å²) in [7, 11) is 0. The van der Waals surface area contributed by atoms with Crippen molar-refractivity contribution >= 4 is 40.4 Å². The lowest BCUT2D eigenvalue weighted by molar-refractivity contribution is -0.139. The molecule has 2 aromatic rings. The summed E-state index contributed by atoms with van der Waals surface area (Å²) in [5, 5.41) is 16.2. The number of rotatable bonds is 14. The third-order valence-corrected chi connectivity index (χ3v) is 6.98. The molecule has 1 saturated heterocycles. The molecule has 11 heteroatoms. The molecule has 11 nitrogen and oxygen atoms in total. The Hall–Kier alpha value is -3.99. The molecule has 3 rings (SSSR count). The molecule has 1 aliphatic rings. The van der Waals surface area contributed by atoms with E-state index in [9.17, 15) is 24.0 Å². The molecule has 0 spiro atoms. The van der Waals surface area contributed by atoms with Gasteiger partial charge in [0.2, 0.25) is 23.6 Å². The number of carboxylic acids is 1. The standard InChI is InChI=1S/C28H37N5O6/c29-15-4-3-11-22(27(38)31-21(26(30)37)13-14-25(35)36)32-28(39)23-12-6-16-33(23)24(34)17-19-9-5-8-18-7-1-2-10-20(18)19/h1-2,5,7-10,21-23H,3-4,6,11-17,29H2,(H2,30,37)(H,31,38)(H,32,39)(H,35,36)/t21-,22-,23-/m0/s1. The third kappa shape index (κ3) is 8.25. The van der Waals surface area contributed by atoms with E-state index in [1.54, 1.807) is 4.90 Å². The first-order valence-electron chi connectivity index (χ1n) is 13.3. The smallest absolute Gasteiger partial charge is 0.303 e. The molecule has 0 unspecified atom stereocenters. The van der Waals surface area contributed by atoms with E-state index >= 15 is 0 Å². The van der Waals surface area contributed by atoms with Gasteiger partial charge in [0.1, 0.15) is 18.1 Å². The van der Waals surface area contributed by atoms with Crippen LogP contribution in [0.5, 0.6) is 0 Å². The number of aliphatic carboxylic acids is 1. The lowest BCUT2D eigenvalue weighted by Gasteiger charge is -2.27. The Morgan fingerprint density at radius 2 is 1.72 bits per heavy atom. The fourth-order valence-electron chi connectivity index (χ4n) is 4.90. The number of likely N-dealkylation sites (tertiary alicyclic amines) is 1. The maximum atomic E-state index is 13.3. The highest BCUT2D eigenvalue weighted by atomic mass is 16.4. The Labute approximate surface area is 227 Å². The second kappa shape index (κ2) is 14.2. The number of nitrogens with zero attached hydrogens (tertiary/aromatic N) is 1. The van der Waals surface area contributed by atoms with E-state index < -0.39 is 41.8 Å². The van der Waals surface area contributed by atoms with E-state index in [0.717, 1.165) is 16.3 Å². The number of primary amides is 1. The molecule has 4 amide bonds. The van der Waals surface area contributed by atoms with Crippen LogP contribution >= 0.6 is 0 Å². The van der Waals surface area contributed by atoms with E-state index in [-0.39, 0.29) is 31.6 Å². The molecule has 3 atom stereocenters. The first-order valence-corrected chi connectivity index (χ1v) is 13.3. The van der Waals surface area contributed by atoms with Crippen molar-refractivity contribution in [1.29, 1.82) is 0 Å². The number of hydrogen-bond acceptors (Lipinski definition) is 6. The van der Waals surface area contributed by atoms with Crippen LogP contribution in [0, 0.1) is 0 Å². The SMILES string of the molecule is NCCCC[C@H](NC(=O)[C@@H]1CCCN1C(=O)Cc1cccc2ccccc12)C(=O)N[C@@H](CCC(=O)O)C(N)=O. The molecule has 1 aliphatic heterocycles. The van der Waals surface area contributed by atoms with Crippen LogP contribution in [0.2, 0.25) is 0 Å². The number of fused-ring (bicyclic) bond motifs is 1. The van der Waals surface area contributed by atoms with Crippen LogP contribution in [-0.2, 0) is 30.4 Å². The van der Waals surface area contributed by atoms with Gasteiger partial charge in [-0.2, -0.15) is 0 Å². The maximum absolute atomic E-state index is 13.3. The van der Waals surface area contributed by atoms with Crippen LogP contribution in [-0.4, -0.2) is 70.8 Å². The van der Waals surface area contributed by atoms with Gasteiger partial charge in [-0.15, -0.1) is 0 Å². The summed E-state index contributed by atoms with van der Waals surface area (Å²) in [6.07, 6.45) is 2.17. The van der Waals surface area contributed by atoms with Crippen molar-refractivity contribution in [3.63, 3.8) is 0 Å². The molecule has 7 N–H and O–H groups in total.